The van der Waals surface area contributed by atoms with E-state index in [1.165, 1.54) is 11.1 Å². The van der Waals surface area contributed by atoms with Crippen molar-refractivity contribution in [1.29, 1.82) is 0 Å². The molecule has 0 amide bonds. The highest BCUT2D eigenvalue weighted by Gasteiger charge is 2.09. The van der Waals surface area contributed by atoms with Gasteiger partial charge in [-0.3, -0.25) is 0 Å². The molecule has 0 spiro atoms. The Labute approximate surface area is 121 Å². The first kappa shape index (κ1) is 14.8. The van der Waals surface area contributed by atoms with Crippen LogP contribution in [0.15, 0.2) is 54.6 Å². The zero-order chi connectivity index (χ0) is 14.4. The second-order valence-electron chi connectivity index (χ2n) is 5.43. The molecule has 2 aromatic rings. The van der Waals surface area contributed by atoms with Crippen molar-refractivity contribution in [3.05, 3.63) is 71.3 Å². The summed E-state index contributed by atoms with van der Waals surface area (Å²) in [6, 6.07) is 18.7. The Morgan fingerprint density at radius 2 is 1.65 bits per heavy atom. The summed E-state index contributed by atoms with van der Waals surface area (Å²) >= 11 is 0. The van der Waals surface area contributed by atoms with Crippen LogP contribution in [0, 0.1) is 6.92 Å². The lowest BCUT2D eigenvalue weighted by Gasteiger charge is -2.17. The zero-order valence-corrected chi connectivity index (χ0v) is 12.2. The minimum absolute atomic E-state index is 0.344. The summed E-state index contributed by atoms with van der Waals surface area (Å²) in [5.74, 6) is 0. The van der Waals surface area contributed by atoms with Gasteiger partial charge in [-0.25, -0.2) is 0 Å². The summed E-state index contributed by atoms with van der Waals surface area (Å²) in [6.45, 7) is 4.83. The molecule has 2 aromatic carbocycles. The van der Waals surface area contributed by atoms with Crippen molar-refractivity contribution >= 4 is 0 Å². The van der Waals surface area contributed by atoms with Gasteiger partial charge in [0.25, 0.3) is 0 Å². The van der Waals surface area contributed by atoms with Crippen molar-refractivity contribution in [2.75, 3.05) is 6.54 Å². The smallest absolute Gasteiger partial charge is 0.0914 e. The van der Waals surface area contributed by atoms with Crippen LogP contribution in [-0.4, -0.2) is 17.7 Å². The van der Waals surface area contributed by atoms with Crippen molar-refractivity contribution in [3.8, 4) is 0 Å². The molecule has 0 fully saturated rings. The molecule has 0 aliphatic heterocycles. The lowest BCUT2D eigenvalue weighted by molar-refractivity contribution is 0.170. The van der Waals surface area contributed by atoms with E-state index in [1.54, 1.807) is 0 Å². The molecule has 0 radical (unpaired) electrons. The van der Waals surface area contributed by atoms with Crippen molar-refractivity contribution in [1.82, 2.24) is 5.32 Å². The largest absolute Gasteiger partial charge is 0.387 e. The van der Waals surface area contributed by atoms with Crippen LogP contribution in [0.2, 0.25) is 0 Å². The Kier molecular flexibility index (Phi) is 5.33. The van der Waals surface area contributed by atoms with Crippen LogP contribution in [0.3, 0.4) is 0 Å². The molecule has 0 unspecified atom stereocenters. The van der Waals surface area contributed by atoms with Gasteiger partial charge in [0.15, 0.2) is 0 Å². The maximum atomic E-state index is 10.1. The quantitative estimate of drug-likeness (QED) is 0.843. The first-order valence-corrected chi connectivity index (χ1v) is 7.17. The summed E-state index contributed by atoms with van der Waals surface area (Å²) < 4.78 is 0. The SMILES string of the molecule is Cc1ccc(C[C@@H](C)NC[C@H](O)c2ccccc2)cc1. The van der Waals surface area contributed by atoms with E-state index < -0.39 is 6.10 Å². The number of rotatable bonds is 6. The van der Waals surface area contributed by atoms with Crippen molar-refractivity contribution in [2.45, 2.75) is 32.4 Å². The molecule has 0 aromatic heterocycles. The first-order valence-electron chi connectivity index (χ1n) is 7.17. The number of nitrogens with one attached hydrogen (secondary N) is 1. The van der Waals surface area contributed by atoms with Crippen LogP contribution in [-0.2, 0) is 6.42 Å². The third-order valence-electron chi connectivity index (χ3n) is 3.51. The zero-order valence-electron chi connectivity index (χ0n) is 12.2. The Morgan fingerprint density at radius 3 is 2.30 bits per heavy atom. The number of aryl methyl sites for hydroxylation is 1. The number of hydrogen-bond donors (Lipinski definition) is 2. The predicted molar refractivity (Wildman–Crippen MR) is 83.7 cm³/mol. The van der Waals surface area contributed by atoms with Crippen LogP contribution in [0.1, 0.15) is 29.7 Å². The Hall–Kier alpha value is -1.64. The monoisotopic (exact) mass is 269 g/mol. The van der Waals surface area contributed by atoms with Crippen LogP contribution in [0.25, 0.3) is 0 Å². The van der Waals surface area contributed by atoms with Gasteiger partial charge in [-0.15, -0.1) is 0 Å². The fourth-order valence-corrected chi connectivity index (χ4v) is 2.26. The molecular formula is C18H23NO. The Morgan fingerprint density at radius 1 is 1.00 bits per heavy atom. The van der Waals surface area contributed by atoms with Gasteiger partial charge < -0.3 is 10.4 Å². The van der Waals surface area contributed by atoms with Gasteiger partial charge in [0, 0.05) is 12.6 Å². The van der Waals surface area contributed by atoms with E-state index in [0.29, 0.717) is 12.6 Å². The molecule has 2 N–H and O–H groups in total. The van der Waals surface area contributed by atoms with E-state index in [2.05, 4.69) is 43.4 Å². The lowest BCUT2D eigenvalue weighted by Crippen LogP contribution is -2.32. The normalized spacial score (nSPS) is 13.9. The van der Waals surface area contributed by atoms with Gasteiger partial charge in [-0.05, 0) is 31.4 Å². The molecule has 2 atom stereocenters. The van der Waals surface area contributed by atoms with Crippen LogP contribution >= 0.6 is 0 Å². The minimum atomic E-state index is -0.448. The van der Waals surface area contributed by atoms with Crippen molar-refractivity contribution in [2.24, 2.45) is 0 Å². The summed E-state index contributed by atoms with van der Waals surface area (Å²) in [4.78, 5) is 0. The summed E-state index contributed by atoms with van der Waals surface area (Å²) in [5, 5.41) is 13.5. The lowest BCUT2D eigenvalue weighted by atomic mass is 10.0. The van der Waals surface area contributed by atoms with E-state index >= 15 is 0 Å². The summed E-state index contributed by atoms with van der Waals surface area (Å²) in [6.07, 6.45) is 0.526. The first-order chi connectivity index (χ1) is 9.65. The molecule has 0 aliphatic rings. The molecule has 0 saturated heterocycles. The fraction of sp³-hybridized carbons (Fsp3) is 0.333. The average molecular weight is 269 g/mol. The predicted octanol–water partition coefficient (Wildman–Crippen LogP) is 3.25. The maximum Gasteiger partial charge on any atom is 0.0914 e. The van der Waals surface area contributed by atoms with Crippen molar-refractivity contribution in [3.63, 3.8) is 0 Å². The Bertz CT molecular complexity index is 507. The molecule has 2 nitrogen and oxygen atoms in total. The molecule has 106 valence electrons. The topological polar surface area (TPSA) is 32.3 Å². The summed E-state index contributed by atoms with van der Waals surface area (Å²) in [5.41, 5.74) is 3.57. The molecule has 2 rings (SSSR count). The minimum Gasteiger partial charge on any atom is -0.387 e. The summed E-state index contributed by atoms with van der Waals surface area (Å²) in [7, 11) is 0. The molecular weight excluding hydrogens is 246 g/mol. The van der Waals surface area contributed by atoms with Gasteiger partial charge in [0.2, 0.25) is 0 Å². The van der Waals surface area contributed by atoms with Crippen LogP contribution in [0.4, 0.5) is 0 Å². The third kappa shape index (κ3) is 4.48. The standard InChI is InChI=1S/C18H23NO/c1-14-8-10-16(11-9-14)12-15(2)19-13-18(20)17-6-4-3-5-7-17/h3-11,15,18-20H,12-13H2,1-2H3/t15-,18+/m1/s1. The molecule has 0 bridgehead atoms. The average Bonchev–Trinajstić information content (AvgIpc) is 2.48. The molecule has 0 heterocycles. The van der Waals surface area contributed by atoms with E-state index in [9.17, 15) is 5.11 Å². The second-order valence-corrected chi connectivity index (χ2v) is 5.43. The van der Waals surface area contributed by atoms with Gasteiger partial charge in [0.05, 0.1) is 6.10 Å². The highest BCUT2D eigenvalue weighted by atomic mass is 16.3. The second kappa shape index (κ2) is 7.22. The highest BCUT2D eigenvalue weighted by Crippen LogP contribution is 2.11. The van der Waals surface area contributed by atoms with E-state index in [0.717, 1.165) is 12.0 Å². The number of benzene rings is 2. The molecule has 20 heavy (non-hydrogen) atoms. The van der Waals surface area contributed by atoms with E-state index in [1.807, 2.05) is 30.3 Å². The van der Waals surface area contributed by atoms with Gasteiger partial charge in [0.1, 0.15) is 0 Å². The number of aliphatic hydroxyl groups excluding tert-OH is 1. The van der Waals surface area contributed by atoms with Gasteiger partial charge in [-0.1, -0.05) is 60.2 Å². The van der Waals surface area contributed by atoms with Gasteiger partial charge in [-0.2, -0.15) is 0 Å². The molecule has 0 saturated carbocycles. The highest BCUT2D eigenvalue weighted by molar-refractivity contribution is 5.22. The Balaban J connectivity index is 1.80. The fourth-order valence-electron chi connectivity index (χ4n) is 2.26. The van der Waals surface area contributed by atoms with E-state index in [-0.39, 0.29) is 0 Å². The maximum absolute atomic E-state index is 10.1. The number of hydrogen-bond acceptors (Lipinski definition) is 2. The molecule has 0 aliphatic carbocycles. The van der Waals surface area contributed by atoms with Crippen molar-refractivity contribution < 1.29 is 5.11 Å². The van der Waals surface area contributed by atoms with Crippen LogP contribution in [0.5, 0.6) is 0 Å². The van der Waals surface area contributed by atoms with E-state index in [4.69, 9.17) is 0 Å². The number of aliphatic hydroxyl groups is 1. The van der Waals surface area contributed by atoms with Crippen LogP contribution < -0.4 is 5.32 Å². The van der Waals surface area contributed by atoms with Gasteiger partial charge >= 0.3 is 0 Å². The third-order valence-corrected chi connectivity index (χ3v) is 3.51. The molecule has 2 heteroatoms.